The molecule has 1 aliphatic carbocycles. The topological polar surface area (TPSA) is 114 Å². The number of hydrogen-bond acceptors (Lipinski definition) is 5. The number of carbonyl (C=O) groups is 1. The number of nitrogen functional groups attached to an aromatic ring is 1. The molecule has 1 saturated carbocycles. The van der Waals surface area contributed by atoms with Gasteiger partial charge in [-0.2, -0.15) is 0 Å². The van der Waals surface area contributed by atoms with Crippen LogP contribution in [0.25, 0.3) is 6.08 Å². The minimum Gasteiger partial charge on any atom is -0.465 e. The summed E-state index contributed by atoms with van der Waals surface area (Å²) in [5.41, 5.74) is 5.92. The third-order valence-corrected chi connectivity index (χ3v) is 5.50. The van der Waals surface area contributed by atoms with Crippen LogP contribution in [0.5, 0.6) is 0 Å². The van der Waals surface area contributed by atoms with Gasteiger partial charge in [-0.05, 0) is 36.6 Å². The zero-order valence-corrected chi connectivity index (χ0v) is 17.0. The standard InChI is InChI=1S/C23H24N4O4/c24-21-20(22(29)25-23(30)26(21)15-16-7-2-1-3-8-16)27(17-9-4-5-10-17)19(28)13-12-18-11-6-14-31-18/h1-3,6-8,11-14,17H,4-5,9-10,15,24H2,(H,25,29,30). The first-order valence-corrected chi connectivity index (χ1v) is 10.3. The molecule has 31 heavy (non-hydrogen) atoms. The van der Waals surface area contributed by atoms with Gasteiger partial charge in [-0.1, -0.05) is 43.2 Å². The Kier molecular flexibility index (Phi) is 5.88. The molecule has 1 aromatic carbocycles. The second kappa shape index (κ2) is 8.91. The fraction of sp³-hybridized carbons (Fsp3) is 0.261. The normalized spacial score (nSPS) is 14.3. The molecule has 3 N–H and O–H groups in total. The van der Waals surface area contributed by atoms with E-state index in [1.165, 1.54) is 21.8 Å². The molecule has 0 spiro atoms. The summed E-state index contributed by atoms with van der Waals surface area (Å²) in [5, 5.41) is 0. The van der Waals surface area contributed by atoms with Crippen LogP contribution in [0, 0.1) is 0 Å². The number of amides is 1. The lowest BCUT2D eigenvalue weighted by Gasteiger charge is -2.29. The number of H-pyrrole nitrogens is 1. The van der Waals surface area contributed by atoms with Gasteiger partial charge in [0.1, 0.15) is 11.6 Å². The molecule has 0 saturated heterocycles. The summed E-state index contributed by atoms with van der Waals surface area (Å²) in [5.74, 6) is 0.116. The molecule has 1 fully saturated rings. The molecule has 8 heteroatoms. The molecule has 3 aromatic rings. The number of aromatic amines is 1. The minimum atomic E-state index is -0.668. The van der Waals surface area contributed by atoms with Gasteiger partial charge in [0.2, 0.25) is 0 Å². The molecule has 0 atom stereocenters. The number of anilines is 2. The van der Waals surface area contributed by atoms with E-state index in [9.17, 15) is 14.4 Å². The highest BCUT2D eigenvalue weighted by Crippen LogP contribution is 2.29. The van der Waals surface area contributed by atoms with Gasteiger partial charge in [0.05, 0.1) is 12.8 Å². The van der Waals surface area contributed by atoms with Gasteiger partial charge < -0.3 is 10.2 Å². The maximum absolute atomic E-state index is 13.2. The lowest BCUT2D eigenvalue weighted by atomic mass is 10.1. The Morgan fingerprint density at radius 3 is 2.58 bits per heavy atom. The molecule has 0 unspecified atom stereocenters. The highest BCUT2D eigenvalue weighted by molar-refractivity contribution is 6.05. The Bertz CT molecular complexity index is 1190. The van der Waals surface area contributed by atoms with Crippen LogP contribution in [-0.4, -0.2) is 21.5 Å². The number of hydrogen-bond donors (Lipinski definition) is 2. The van der Waals surface area contributed by atoms with Gasteiger partial charge in [0.15, 0.2) is 5.69 Å². The van der Waals surface area contributed by atoms with Crippen LogP contribution in [0.4, 0.5) is 11.5 Å². The van der Waals surface area contributed by atoms with Crippen molar-refractivity contribution in [2.45, 2.75) is 38.3 Å². The number of nitrogens with two attached hydrogens (primary N) is 1. The Morgan fingerprint density at radius 2 is 1.90 bits per heavy atom. The average Bonchev–Trinajstić information content (AvgIpc) is 3.47. The molecule has 0 radical (unpaired) electrons. The molecule has 2 aromatic heterocycles. The molecule has 1 amide bonds. The van der Waals surface area contributed by atoms with E-state index >= 15 is 0 Å². The number of rotatable bonds is 6. The van der Waals surface area contributed by atoms with Crippen LogP contribution >= 0.6 is 0 Å². The van der Waals surface area contributed by atoms with Gasteiger partial charge in [-0.3, -0.25) is 24.0 Å². The summed E-state index contributed by atoms with van der Waals surface area (Å²) < 4.78 is 6.54. The Hall–Kier alpha value is -3.81. The van der Waals surface area contributed by atoms with Crippen molar-refractivity contribution < 1.29 is 9.21 Å². The van der Waals surface area contributed by atoms with Gasteiger partial charge >= 0.3 is 5.69 Å². The third-order valence-electron chi connectivity index (χ3n) is 5.50. The van der Waals surface area contributed by atoms with E-state index in [-0.39, 0.29) is 30.0 Å². The van der Waals surface area contributed by atoms with Gasteiger partial charge in [0.25, 0.3) is 11.5 Å². The number of carbonyl (C=O) groups excluding carboxylic acids is 1. The molecule has 0 bridgehead atoms. The van der Waals surface area contributed by atoms with Crippen molar-refractivity contribution in [2.24, 2.45) is 0 Å². The monoisotopic (exact) mass is 420 g/mol. The first-order chi connectivity index (χ1) is 15.0. The van der Waals surface area contributed by atoms with Crippen molar-refractivity contribution in [3.8, 4) is 0 Å². The van der Waals surface area contributed by atoms with Crippen LogP contribution in [0.2, 0.25) is 0 Å². The highest BCUT2D eigenvalue weighted by atomic mass is 16.3. The number of aromatic nitrogens is 2. The highest BCUT2D eigenvalue weighted by Gasteiger charge is 2.31. The molecular weight excluding hydrogens is 396 g/mol. The molecule has 4 rings (SSSR count). The summed E-state index contributed by atoms with van der Waals surface area (Å²) in [4.78, 5) is 42.3. The summed E-state index contributed by atoms with van der Waals surface area (Å²) in [6, 6.07) is 12.6. The summed E-state index contributed by atoms with van der Waals surface area (Å²) in [6.45, 7) is 0.185. The van der Waals surface area contributed by atoms with Crippen molar-refractivity contribution in [3.63, 3.8) is 0 Å². The van der Waals surface area contributed by atoms with Crippen molar-refractivity contribution in [1.29, 1.82) is 0 Å². The predicted molar refractivity (Wildman–Crippen MR) is 119 cm³/mol. The van der Waals surface area contributed by atoms with Crippen LogP contribution in [0.15, 0.2) is 68.8 Å². The zero-order chi connectivity index (χ0) is 21.8. The Balaban J connectivity index is 1.77. The second-order valence-electron chi connectivity index (χ2n) is 7.56. The Morgan fingerprint density at radius 1 is 1.16 bits per heavy atom. The van der Waals surface area contributed by atoms with E-state index in [4.69, 9.17) is 10.2 Å². The average molecular weight is 420 g/mol. The fourth-order valence-corrected chi connectivity index (χ4v) is 3.99. The van der Waals surface area contributed by atoms with Crippen molar-refractivity contribution in [2.75, 3.05) is 10.6 Å². The van der Waals surface area contributed by atoms with Crippen molar-refractivity contribution in [1.82, 2.24) is 9.55 Å². The predicted octanol–water partition coefficient (Wildman–Crippen LogP) is 2.75. The zero-order valence-electron chi connectivity index (χ0n) is 17.0. The molecule has 1 aliphatic rings. The van der Waals surface area contributed by atoms with Gasteiger partial charge in [-0.25, -0.2) is 4.79 Å². The molecule has 2 heterocycles. The van der Waals surface area contributed by atoms with E-state index in [1.807, 2.05) is 30.3 Å². The largest absolute Gasteiger partial charge is 0.465 e. The van der Waals surface area contributed by atoms with Gasteiger partial charge in [-0.15, -0.1) is 0 Å². The van der Waals surface area contributed by atoms with E-state index < -0.39 is 11.2 Å². The first-order valence-electron chi connectivity index (χ1n) is 10.3. The lowest BCUT2D eigenvalue weighted by molar-refractivity contribution is -0.114. The van der Waals surface area contributed by atoms with E-state index in [2.05, 4.69) is 4.98 Å². The van der Waals surface area contributed by atoms with Crippen molar-refractivity contribution >= 4 is 23.5 Å². The number of benzene rings is 1. The van der Waals surface area contributed by atoms with Crippen LogP contribution in [0.3, 0.4) is 0 Å². The van der Waals surface area contributed by atoms with Crippen LogP contribution in [0.1, 0.15) is 37.0 Å². The van der Waals surface area contributed by atoms with E-state index in [0.29, 0.717) is 5.76 Å². The summed E-state index contributed by atoms with van der Waals surface area (Å²) >= 11 is 0. The van der Waals surface area contributed by atoms with Crippen LogP contribution < -0.4 is 21.9 Å². The van der Waals surface area contributed by atoms with Crippen LogP contribution in [-0.2, 0) is 11.3 Å². The fourth-order valence-electron chi connectivity index (χ4n) is 3.99. The lowest BCUT2D eigenvalue weighted by Crippen LogP contribution is -2.45. The number of nitrogens with one attached hydrogen (secondary N) is 1. The minimum absolute atomic E-state index is 0.0107. The van der Waals surface area contributed by atoms with Gasteiger partial charge in [0, 0.05) is 12.1 Å². The molecule has 8 nitrogen and oxygen atoms in total. The second-order valence-corrected chi connectivity index (χ2v) is 7.56. The quantitative estimate of drug-likeness (QED) is 0.595. The van der Waals surface area contributed by atoms with Crippen molar-refractivity contribution in [3.05, 3.63) is 87.0 Å². The third kappa shape index (κ3) is 4.37. The van der Waals surface area contributed by atoms with E-state index in [0.717, 1.165) is 31.2 Å². The maximum Gasteiger partial charge on any atom is 0.330 e. The number of nitrogens with zero attached hydrogens (tertiary/aromatic N) is 2. The smallest absolute Gasteiger partial charge is 0.330 e. The summed E-state index contributed by atoms with van der Waals surface area (Å²) in [7, 11) is 0. The molecule has 160 valence electrons. The van der Waals surface area contributed by atoms with E-state index in [1.54, 1.807) is 18.2 Å². The summed E-state index contributed by atoms with van der Waals surface area (Å²) in [6.07, 6.45) is 7.86. The Labute approximate surface area is 178 Å². The number of furan rings is 1. The molecular formula is C23H24N4O4. The molecule has 0 aliphatic heterocycles. The first kappa shape index (κ1) is 20.5. The SMILES string of the molecule is Nc1c(N(C(=O)C=Cc2ccco2)C2CCCC2)c(=O)[nH]c(=O)n1Cc1ccccc1. The maximum atomic E-state index is 13.2.